The van der Waals surface area contributed by atoms with Crippen LogP contribution in [-0.2, 0) is 4.74 Å². The topological polar surface area (TPSA) is 101 Å². The van der Waals surface area contributed by atoms with Crippen LogP contribution in [0.3, 0.4) is 0 Å². The molecule has 0 fully saturated rings. The summed E-state index contributed by atoms with van der Waals surface area (Å²) >= 11 is 2.14. The van der Waals surface area contributed by atoms with E-state index in [1.54, 1.807) is 26.0 Å². The number of methoxy groups -OCH3 is 1. The largest absolute Gasteiger partial charge is 0.478 e. The predicted molar refractivity (Wildman–Crippen MR) is 110 cm³/mol. The van der Waals surface area contributed by atoms with Crippen LogP contribution in [0.1, 0.15) is 53.3 Å². The molecule has 0 aliphatic rings. The number of benzene rings is 2. The van der Waals surface area contributed by atoms with Crippen molar-refractivity contribution >= 4 is 40.5 Å². The highest BCUT2D eigenvalue weighted by atomic mass is 127. The zero-order chi connectivity index (χ0) is 20.9. The van der Waals surface area contributed by atoms with Gasteiger partial charge < -0.3 is 14.9 Å². The Labute approximate surface area is 171 Å². The smallest absolute Gasteiger partial charge is 0.338 e. The van der Waals surface area contributed by atoms with Crippen molar-refractivity contribution in [3.63, 3.8) is 0 Å². The Kier molecular flexibility index (Phi) is 7.96. The van der Waals surface area contributed by atoms with Gasteiger partial charge in [0.2, 0.25) is 0 Å². The minimum absolute atomic E-state index is 0.126. The minimum Gasteiger partial charge on any atom is -0.478 e. The van der Waals surface area contributed by atoms with Crippen LogP contribution in [0.25, 0.3) is 0 Å². The lowest BCUT2D eigenvalue weighted by atomic mass is 10.00. The highest BCUT2D eigenvalue weighted by Gasteiger charge is 2.15. The van der Waals surface area contributed by atoms with Crippen LogP contribution in [0.15, 0.2) is 24.3 Å². The molecule has 7 heteroatoms. The standard InChI is InChI=1S/C11H12O4.C9H9IO2/c1-6-4-7(2)9(11(14)15-3)5-8(6)10(12)13;1-5-3-6(2)8(10)4-7(5)9(11)12/h4-5H,1-3H3,(H,12,13);3-4H,1-2H3,(H,11,12). The molecule has 144 valence electrons. The maximum absolute atomic E-state index is 11.3. The van der Waals surface area contributed by atoms with E-state index in [9.17, 15) is 14.4 Å². The average molecular weight is 484 g/mol. The SMILES string of the molecule is COC(=O)c1cc(C(=O)O)c(C)cc1C.Cc1cc(C)c(C(=O)O)cc1I. The summed E-state index contributed by atoms with van der Waals surface area (Å²) in [5.41, 5.74) is 4.10. The Morgan fingerprint density at radius 2 is 1.15 bits per heavy atom. The number of ether oxygens (including phenoxy) is 1. The molecule has 0 atom stereocenters. The van der Waals surface area contributed by atoms with Gasteiger partial charge in [-0.2, -0.15) is 0 Å². The summed E-state index contributed by atoms with van der Waals surface area (Å²) < 4.78 is 5.56. The summed E-state index contributed by atoms with van der Waals surface area (Å²) in [5, 5.41) is 17.7. The molecule has 0 spiro atoms. The zero-order valence-corrected chi connectivity index (χ0v) is 17.9. The Bertz CT molecular complexity index is 902. The van der Waals surface area contributed by atoms with Gasteiger partial charge in [0.15, 0.2) is 0 Å². The van der Waals surface area contributed by atoms with Gasteiger partial charge in [-0.3, -0.25) is 0 Å². The summed E-state index contributed by atoms with van der Waals surface area (Å²) in [4.78, 5) is 32.8. The molecule has 2 aromatic rings. The van der Waals surface area contributed by atoms with Crippen LogP contribution in [0.5, 0.6) is 0 Å². The third kappa shape index (κ3) is 5.78. The van der Waals surface area contributed by atoms with Gasteiger partial charge in [0.05, 0.1) is 23.8 Å². The molecule has 2 aromatic carbocycles. The maximum atomic E-state index is 11.3. The Morgan fingerprint density at radius 3 is 1.59 bits per heavy atom. The first-order valence-corrected chi connectivity index (χ1v) is 9.00. The van der Waals surface area contributed by atoms with Gasteiger partial charge in [0.25, 0.3) is 0 Å². The van der Waals surface area contributed by atoms with E-state index in [2.05, 4.69) is 27.3 Å². The lowest BCUT2D eigenvalue weighted by Crippen LogP contribution is -2.08. The second-order valence-electron chi connectivity index (χ2n) is 6.00. The minimum atomic E-state index is -1.04. The van der Waals surface area contributed by atoms with Crippen LogP contribution in [0.4, 0.5) is 0 Å². The fourth-order valence-electron chi connectivity index (χ4n) is 2.47. The molecule has 0 saturated heterocycles. The number of aryl methyl sites for hydroxylation is 4. The summed E-state index contributed by atoms with van der Waals surface area (Å²) in [6.45, 7) is 7.22. The van der Waals surface area contributed by atoms with Gasteiger partial charge in [-0.05, 0) is 84.7 Å². The van der Waals surface area contributed by atoms with E-state index in [0.29, 0.717) is 22.3 Å². The molecular formula is C20H21IO6. The van der Waals surface area contributed by atoms with Crippen molar-refractivity contribution in [2.75, 3.05) is 7.11 Å². The number of hydrogen-bond acceptors (Lipinski definition) is 4. The fourth-order valence-corrected chi connectivity index (χ4v) is 2.94. The van der Waals surface area contributed by atoms with Crippen molar-refractivity contribution in [3.8, 4) is 0 Å². The maximum Gasteiger partial charge on any atom is 0.338 e. The van der Waals surface area contributed by atoms with Crippen LogP contribution in [0.2, 0.25) is 0 Å². The third-order valence-corrected chi connectivity index (χ3v) is 5.11. The van der Waals surface area contributed by atoms with Gasteiger partial charge in [-0.1, -0.05) is 12.1 Å². The Morgan fingerprint density at radius 1 is 0.741 bits per heavy atom. The molecule has 0 radical (unpaired) electrons. The first-order valence-electron chi connectivity index (χ1n) is 7.92. The van der Waals surface area contributed by atoms with Crippen LogP contribution < -0.4 is 0 Å². The molecule has 6 nitrogen and oxygen atoms in total. The second-order valence-corrected chi connectivity index (χ2v) is 7.16. The molecule has 0 aliphatic carbocycles. The zero-order valence-electron chi connectivity index (χ0n) is 15.7. The Balaban J connectivity index is 0.000000277. The van der Waals surface area contributed by atoms with Gasteiger partial charge in [0.1, 0.15) is 0 Å². The Hall–Kier alpha value is -2.42. The van der Waals surface area contributed by atoms with Crippen molar-refractivity contribution in [2.24, 2.45) is 0 Å². The summed E-state index contributed by atoms with van der Waals surface area (Å²) in [5.74, 6) is -2.42. The lowest BCUT2D eigenvalue weighted by molar-refractivity contribution is 0.0599. The molecule has 0 amide bonds. The molecule has 0 aromatic heterocycles. The quantitative estimate of drug-likeness (QED) is 0.495. The van der Waals surface area contributed by atoms with E-state index in [1.807, 2.05) is 19.9 Å². The summed E-state index contributed by atoms with van der Waals surface area (Å²) in [6.07, 6.45) is 0. The first-order chi connectivity index (χ1) is 12.5. The van der Waals surface area contributed by atoms with Crippen LogP contribution in [-0.4, -0.2) is 35.2 Å². The van der Waals surface area contributed by atoms with E-state index >= 15 is 0 Å². The predicted octanol–water partition coefficient (Wildman–Crippen LogP) is 4.39. The second kappa shape index (κ2) is 9.50. The molecule has 0 unspecified atom stereocenters. The van der Waals surface area contributed by atoms with Crippen molar-refractivity contribution in [2.45, 2.75) is 27.7 Å². The van der Waals surface area contributed by atoms with Gasteiger partial charge in [-0.15, -0.1) is 0 Å². The number of carboxylic acids is 2. The molecular weight excluding hydrogens is 463 g/mol. The van der Waals surface area contributed by atoms with E-state index in [4.69, 9.17) is 10.2 Å². The molecule has 0 bridgehead atoms. The number of carbonyl (C=O) groups excluding carboxylic acids is 1. The normalized spacial score (nSPS) is 9.85. The molecule has 2 N–H and O–H groups in total. The van der Waals surface area contributed by atoms with Crippen molar-refractivity contribution < 1.29 is 29.3 Å². The van der Waals surface area contributed by atoms with Crippen molar-refractivity contribution in [1.82, 2.24) is 0 Å². The van der Waals surface area contributed by atoms with E-state index < -0.39 is 17.9 Å². The number of esters is 1. The van der Waals surface area contributed by atoms with Gasteiger partial charge >= 0.3 is 17.9 Å². The highest BCUT2D eigenvalue weighted by Crippen LogP contribution is 2.18. The van der Waals surface area contributed by atoms with Crippen molar-refractivity contribution in [3.05, 3.63) is 66.8 Å². The first kappa shape index (κ1) is 22.6. The summed E-state index contributed by atoms with van der Waals surface area (Å²) in [7, 11) is 1.27. The van der Waals surface area contributed by atoms with Gasteiger partial charge in [-0.25, -0.2) is 14.4 Å². The number of carbonyl (C=O) groups is 3. The third-order valence-electron chi connectivity index (χ3n) is 3.94. The highest BCUT2D eigenvalue weighted by molar-refractivity contribution is 14.1. The van der Waals surface area contributed by atoms with E-state index in [0.717, 1.165) is 14.7 Å². The fraction of sp³-hybridized carbons (Fsp3) is 0.250. The average Bonchev–Trinajstić information content (AvgIpc) is 2.57. The lowest BCUT2D eigenvalue weighted by Gasteiger charge is -2.07. The molecule has 27 heavy (non-hydrogen) atoms. The van der Waals surface area contributed by atoms with E-state index in [-0.39, 0.29) is 5.56 Å². The molecule has 2 rings (SSSR count). The number of hydrogen-bond donors (Lipinski definition) is 2. The van der Waals surface area contributed by atoms with Crippen LogP contribution >= 0.6 is 22.6 Å². The monoisotopic (exact) mass is 484 g/mol. The number of rotatable bonds is 3. The molecule has 0 heterocycles. The van der Waals surface area contributed by atoms with Crippen molar-refractivity contribution in [1.29, 1.82) is 0 Å². The van der Waals surface area contributed by atoms with Crippen LogP contribution in [0, 0.1) is 31.3 Å². The summed E-state index contributed by atoms with van der Waals surface area (Å²) in [6, 6.07) is 6.60. The molecule has 0 aliphatic heterocycles. The number of carboxylic acid groups (broad SMARTS) is 2. The molecule has 0 saturated carbocycles. The van der Waals surface area contributed by atoms with Gasteiger partial charge in [0, 0.05) is 3.57 Å². The van der Waals surface area contributed by atoms with E-state index in [1.165, 1.54) is 13.2 Å². The number of aromatic carboxylic acids is 2. The number of halogens is 1.